The van der Waals surface area contributed by atoms with Crippen LogP contribution in [0.4, 0.5) is 0 Å². The first-order valence-electron chi connectivity index (χ1n) is 13.4. The number of hydrogen-bond donors (Lipinski definition) is 0. The molecular formula is C26H53NO11. The van der Waals surface area contributed by atoms with Crippen molar-refractivity contribution >= 4 is 0 Å². The molecule has 0 aliphatic rings. The number of likely N-dealkylation sites (N-methyl/N-ethyl adjacent to an activating group) is 1. The van der Waals surface area contributed by atoms with Crippen LogP contribution in [-0.4, -0.2) is 164 Å². The van der Waals surface area contributed by atoms with E-state index in [-0.39, 0.29) is 0 Å². The molecule has 0 amide bonds. The molecular weight excluding hydrogens is 502 g/mol. The summed E-state index contributed by atoms with van der Waals surface area (Å²) in [4.78, 5) is 2.08. The largest absolute Gasteiger partial charge is 0.499 e. The lowest BCUT2D eigenvalue weighted by atomic mass is 10.6. The third-order valence-electron chi connectivity index (χ3n) is 4.49. The molecule has 0 unspecified atom stereocenters. The first kappa shape index (κ1) is 37.1. The summed E-state index contributed by atoms with van der Waals surface area (Å²) in [5.41, 5.74) is 0. The number of ether oxygens (including phenoxy) is 11. The summed E-state index contributed by atoms with van der Waals surface area (Å²) in [6, 6.07) is 0. The SMILES string of the molecule is C=COCCOCCOCCOCCOCCOCCOCCOCCOCCOCCOCCN(C)C. The Balaban J connectivity index is 3.02. The molecule has 0 heterocycles. The first-order chi connectivity index (χ1) is 18.8. The molecule has 12 heteroatoms. The summed E-state index contributed by atoms with van der Waals surface area (Å²) < 4.78 is 59.2. The van der Waals surface area contributed by atoms with Crippen LogP contribution in [0.5, 0.6) is 0 Å². The first-order valence-corrected chi connectivity index (χ1v) is 13.4. The van der Waals surface area contributed by atoms with E-state index in [0.29, 0.717) is 132 Å². The van der Waals surface area contributed by atoms with Gasteiger partial charge in [-0.15, -0.1) is 0 Å². The van der Waals surface area contributed by atoms with Gasteiger partial charge in [-0.05, 0) is 14.1 Å². The zero-order chi connectivity index (χ0) is 27.6. The maximum absolute atomic E-state index is 5.46. The van der Waals surface area contributed by atoms with Crippen LogP contribution in [0.1, 0.15) is 0 Å². The molecule has 38 heavy (non-hydrogen) atoms. The standard InChI is InChI=1S/C26H53NO11/c1-4-28-7-8-30-11-12-32-15-16-34-19-20-36-23-24-38-26-25-37-22-21-35-18-17-33-14-13-31-10-9-29-6-5-27(2)3/h4H,1,5-26H2,2-3H3. The van der Waals surface area contributed by atoms with E-state index in [4.69, 9.17) is 52.1 Å². The van der Waals surface area contributed by atoms with Crippen molar-refractivity contribution in [1.82, 2.24) is 4.90 Å². The van der Waals surface area contributed by atoms with Crippen LogP contribution in [-0.2, 0) is 52.1 Å². The van der Waals surface area contributed by atoms with Gasteiger partial charge in [0.05, 0.1) is 138 Å². The molecule has 0 atom stereocenters. The van der Waals surface area contributed by atoms with E-state index in [1.165, 1.54) is 6.26 Å². The lowest BCUT2D eigenvalue weighted by Gasteiger charge is -2.10. The Bertz CT molecular complexity index is 447. The van der Waals surface area contributed by atoms with Crippen LogP contribution in [0.2, 0.25) is 0 Å². The number of hydrogen-bond acceptors (Lipinski definition) is 12. The van der Waals surface area contributed by atoms with Gasteiger partial charge in [-0.2, -0.15) is 0 Å². The molecule has 0 rings (SSSR count). The summed E-state index contributed by atoms with van der Waals surface area (Å²) in [6.07, 6.45) is 1.40. The molecule has 0 aliphatic carbocycles. The minimum Gasteiger partial charge on any atom is -0.499 e. The molecule has 0 spiro atoms. The number of nitrogens with zero attached hydrogens (tertiary/aromatic N) is 1. The Morgan fingerprint density at radius 1 is 0.368 bits per heavy atom. The van der Waals surface area contributed by atoms with E-state index in [1.807, 2.05) is 14.1 Å². The van der Waals surface area contributed by atoms with E-state index in [2.05, 4.69) is 11.5 Å². The highest BCUT2D eigenvalue weighted by Crippen LogP contribution is 1.87. The highest BCUT2D eigenvalue weighted by Gasteiger charge is 1.96. The van der Waals surface area contributed by atoms with Crippen molar-refractivity contribution in [3.05, 3.63) is 12.8 Å². The third kappa shape index (κ3) is 35.1. The van der Waals surface area contributed by atoms with Gasteiger partial charge in [0, 0.05) is 6.54 Å². The predicted octanol–water partition coefficient (Wildman–Crippen LogP) is 0.874. The molecule has 0 aromatic rings. The second kappa shape index (κ2) is 34.1. The van der Waals surface area contributed by atoms with Crippen molar-refractivity contribution in [3.8, 4) is 0 Å². The van der Waals surface area contributed by atoms with Crippen LogP contribution < -0.4 is 0 Å². The van der Waals surface area contributed by atoms with Gasteiger partial charge < -0.3 is 57.0 Å². The van der Waals surface area contributed by atoms with Gasteiger partial charge >= 0.3 is 0 Å². The average Bonchev–Trinajstić information content (AvgIpc) is 2.91. The Labute approximate surface area is 229 Å². The molecule has 0 radical (unpaired) electrons. The Kier molecular flexibility index (Phi) is 33.3. The van der Waals surface area contributed by atoms with Crippen molar-refractivity contribution in [3.63, 3.8) is 0 Å². The quantitative estimate of drug-likeness (QED) is 0.0831. The van der Waals surface area contributed by atoms with Crippen molar-refractivity contribution in [2.75, 3.05) is 159 Å². The summed E-state index contributed by atoms with van der Waals surface area (Å²) in [5, 5.41) is 0. The third-order valence-corrected chi connectivity index (χ3v) is 4.49. The van der Waals surface area contributed by atoms with Gasteiger partial charge in [-0.1, -0.05) is 6.58 Å². The van der Waals surface area contributed by atoms with Crippen LogP contribution in [0, 0.1) is 0 Å². The maximum atomic E-state index is 5.46. The van der Waals surface area contributed by atoms with E-state index < -0.39 is 0 Å². The van der Waals surface area contributed by atoms with E-state index in [0.717, 1.165) is 13.2 Å². The molecule has 0 N–H and O–H groups in total. The highest BCUT2D eigenvalue weighted by molar-refractivity contribution is 4.47. The van der Waals surface area contributed by atoms with Gasteiger partial charge in [0.1, 0.15) is 6.61 Å². The smallest absolute Gasteiger partial charge is 0.111 e. The van der Waals surface area contributed by atoms with Crippen molar-refractivity contribution in [2.24, 2.45) is 0 Å². The fourth-order valence-electron chi connectivity index (χ4n) is 2.52. The van der Waals surface area contributed by atoms with E-state index in [1.54, 1.807) is 0 Å². The van der Waals surface area contributed by atoms with E-state index in [9.17, 15) is 0 Å². The zero-order valence-corrected chi connectivity index (χ0v) is 23.8. The van der Waals surface area contributed by atoms with Crippen molar-refractivity contribution in [2.45, 2.75) is 0 Å². The predicted molar refractivity (Wildman–Crippen MR) is 143 cm³/mol. The van der Waals surface area contributed by atoms with Gasteiger partial charge in [0.15, 0.2) is 0 Å². The van der Waals surface area contributed by atoms with E-state index >= 15 is 0 Å². The summed E-state index contributed by atoms with van der Waals surface area (Å²) >= 11 is 0. The van der Waals surface area contributed by atoms with Gasteiger partial charge in [0.2, 0.25) is 0 Å². The van der Waals surface area contributed by atoms with Crippen molar-refractivity contribution in [1.29, 1.82) is 0 Å². The lowest BCUT2D eigenvalue weighted by molar-refractivity contribution is -0.0269. The summed E-state index contributed by atoms with van der Waals surface area (Å²) in [6.45, 7) is 15.8. The zero-order valence-electron chi connectivity index (χ0n) is 23.8. The molecule has 0 saturated carbocycles. The maximum Gasteiger partial charge on any atom is 0.111 e. The van der Waals surface area contributed by atoms with Crippen LogP contribution >= 0.6 is 0 Å². The van der Waals surface area contributed by atoms with Crippen LogP contribution in [0.15, 0.2) is 12.8 Å². The Morgan fingerprint density at radius 2 is 0.579 bits per heavy atom. The molecule has 0 saturated heterocycles. The summed E-state index contributed by atoms with van der Waals surface area (Å²) in [7, 11) is 4.04. The fraction of sp³-hybridized carbons (Fsp3) is 0.923. The fourth-order valence-corrected chi connectivity index (χ4v) is 2.52. The molecule has 0 aliphatic heterocycles. The molecule has 0 aromatic heterocycles. The Hall–Kier alpha value is -0.900. The minimum absolute atomic E-state index is 0.505. The monoisotopic (exact) mass is 555 g/mol. The van der Waals surface area contributed by atoms with Crippen LogP contribution in [0.25, 0.3) is 0 Å². The Morgan fingerprint density at radius 3 is 0.789 bits per heavy atom. The second-order valence-corrected chi connectivity index (χ2v) is 7.96. The average molecular weight is 556 g/mol. The topological polar surface area (TPSA) is 105 Å². The van der Waals surface area contributed by atoms with Gasteiger partial charge in [-0.25, -0.2) is 0 Å². The molecule has 12 nitrogen and oxygen atoms in total. The second-order valence-electron chi connectivity index (χ2n) is 7.96. The minimum atomic E-state index is 0.505. The van der Waals surface area contributed by atoms with Crippen molar-refractivity contribution < 1.29 is 52.1 Å². The van der Waals surface area contributed by atoms with Crippen LogP contribution in [0.3, 0.4) is 0 Å². The lowest BCUT2D eigenvalue weighted by Crippen LogP contribution is -2.19. The molecule has 0 aromatic carbocycles. The molecule has 228 valence electrons. The van der Waals surface area contributed by atoms with Gasteiger partial charge in [-0.3, -0.25) is 0 Å². The molecule has 0 fully saturated rings. The molecule has 0 bridgehead atoms. The normalized spacial score (nSPS) is 11.4. The van der Waals surface area contributed by atoms with Gasteiger partial charge in [0.25, 0.3) is 0 Å². The summed E-state index contributed by atoms with van der Waals surface area (Å²) in [5.74, 6) is 0. The number of rotatable bonds is 34. The highest BCUT2D eigenvalue weighted by atomic mass is 16.6.